The van der Waals surface area contributed by atoms with E-state index in [-0.39, 0.29) is 0 Å². The molecule has 26 heavy (non-hydrogen) atoms. The Morgan fingerprint density at radius 1 is 0.923 bits per heavy atom. The number of hydrogen-bond acceptors (Lipinski definition) is 6. The van der Waals surface area contributed by atoms with E-state index in [4.69, 9.17) is 9.72 Å². The molecule has 0 fully saturated rings. The van der Waals surface area contributed by atoms with Crippen molar-refractivity contribution in [3.8, 4) is 39.8 Å². The average Bonchev–Trinajstić information content (AvgIpc) is 3.08. The Labute approximate surface area is 149 Å². The number of pyridine rings is 3. The number of fused-ring (bicyclic) bond motifs is 5. The van der Waals surface area contributed by atoms with E-state index in [0.717, 1.165) is 39.6 Å². The summed E-state index contributed by atoms with van der Waals surface area (Å²) >= 11 is 0. The fourth-order valence-corrected chi connectivity index (χ4v) is 3.16. The molecule has 4 aromatic heterocycles. The summed E-state index contributed by atoms with van der Waals surface area (Å²) in [5, 5.41) is 3.35. The molecule has 0 unspecified atom stereocenters. The SMILES string of the molecule is COc1ncccc1-c1nc2c([nH]1)-c1ccncc1Nc1ncccc1-2. The van der Waals surface area contributed by atoms with Gasteiger partial charge in [0.2, 0.25) is 5.88 Å². The lowest BCUT2D eigenvalue weighted by molar-refractivity contribution is 0.399. The van der Waals surface area contributed by atoms with Gasteiger partial charge < -0.3 is 15.0 Å². The van der Waals surface area contributed by atoms with Crippen LogP contribution in [0, 0.1) is 0 Å². The Morgan fingerprint density at radius 2 is 1.77 bits per heavy atom. The van der Waals surface area contributed by atoms with E-state index in [1.54, 1.807) is 31.9 Å². The molecule has 0 saturated heterocycles. The van der Waals surface area contributed by atoms with E-state index in [2.05, 4.69) is 25.3 Å². The molecule has 5 heterocycles. The highest BCUT2D eigenvalue weighted by molar-refractivity contribution is 5.95. The van der Waals surface area contributed by atoms with Crippen molar-refractivity contribution in [2.75, 3.05) is 12.4 Å². The highest BCUT2D eigenvalue weighted by Gasteiger charge is 2.24. The minimum Gasteiger partial charge on any atom is -0.480 e. The van der Waals surface area contributed by atoms with E-state index in [1.807, 2.05) is 30.3 Å². The lowest BCUT2D eigenvalue weighted by Gasteiger charge is -2.08. The first-order valence-corrected chi connectivity index (χ1v) is 8.11. The van der Waals surface area contributed by atoms with Crippen molar-refractivity contribution >= 4 is 11.5 Å². The third-order valence-electron chi connectivity index (χ3n) is 4.33. The molecule has 0 aromatic carbocycles. The van der Waals surface area contributed by atoms with Gasteiger partial charge in [0.05, 0.1) is 30.3 Å². The second kappa shape index (κ2) is 5.66. The molecule has 0 aliphatic carbocycles. The Balaban J connectivity index is 1.81. The zero-order valence-corrected chi connectivity index (χ0v) is 13.9. The van der Waals surface area contributed by atoms with Crippen LogP contribution in [-0.4, -0.2) is 32.0 Å². The summed E-state index contributed by atoms with van der Waals surface area (Å²) in [5.41, 5.74) is 5.31. The topological polar surface area (TPSA) is 88.6 Å². The van der Waals surface area contributed by atoms with Crippen molar-refractivity contribution in [2.45, 2.75) is 0 Å². The Bertz CT molecular complexity index is 1060. The molecule has 126 valence electrons. The van der Waals surface area contributed by atoms with Gasteiger partial charge in [0.1, 0.15) is 17.3 Å². The predicted octanol–water partition coefficient (Wildman–Crippen LogP) is 3.66. The van der Waals surface area contributed by atoms with E-state index in [1.165, 1.54) is 0 Å². The zero-order chi connectivity index (χ0) is 17.5. The van der Waals surface area contributed by atoms with Crippen molar-refractivity contribution in [3.63, 3.8) is 0 Å². The van der Waals surface area contributed by atoms with Gasteiger partial charge in [-0.3, -0.25) is 4.98 Å². The highest BCUT2D eigenvalue weighted by Crippen LogP contribution is 2.43. The maximum atomic E-state index is 5.39. The van der Waals surface area contributed by atoms with Crippen LogP contribution >= 0.6 is 0 Å². The number of methoxy groups -OCH3 is 1. The minimum absolute atomic E-state index is 0.524. The van der Waals surface area contributed by atoms with Crippen molar-refractivity contribution in [1.82, 2.24) is 24.9 Å². The normalized spacial score (nSPS) is 11.6. The number of rotatable bonds is 2. The van der Waals surface area contributed by atoms with Gasteiger partial charge >= 0.3 is 0 Å². The quantitative estimate of drug-likeness (QED) is 0.509. The van der Waals surface area contributed by atoms with Gasteiger partial charge in [-0.25, -0.2) is 15.0 Å². The van der Waals surface area contributed by atoms with Crippen molar-refractivity contribution in [1.29, 1.82) is 0 Å². The van der Waals surface area contributed by atoms with Crippen molar-refractivity contribution in [3.05, 3.63) is 55.1 Å². The number of H-pyrrole nitrogens is 1. The van der Waals surface area contributed by atoms with E-state index >= 15 is 0 Å². The van der Waals surface area contributed by atoms with Crippen LogP contribution in [0.25, 0.3) is 33.9 Å². The van der Waals surface area contributed by atoms with Crippen LogP contribution in [0.5, 0.6) is 5.88 Å². The Hall–Kier alpha value is -3.74. The summed E-state index contributed by atoms with van der Waals surface area (Å²) < 4.78 is 5.39. The van der Waals surface area contributed by atoms with Gasteiger partial charge in [0.25, 0.3) is 0 Å². The summed E-state index contributed by atoms with van der Waals surface area (Å²) in [5.74, 6) is 1.96. The summed E-state index contributed by atoms with van der Waals surface area (Å²) in [6.07, 6.45) is 7.00. The van der Waals surface area contributed by atoms with Crippen molar-refractivity contribution < 1.29 is 4.74 Å². The highest BCUT2D eigenvalue weighted by atomic mass is 16.5. The Morgan fingerprint density at radius 3 is 2.65 bits per heavy atom. The largest absolute Gasteiger partial charge is 0.480 e. The molecule has 5 rings (SSSR count). The lowest BCUT2D eigenvalue weighted by atomic mass is 10.1. The van der Waals surface area contributed by atoms with Gasteiger partial charge in [-0.05, 0) is 30.3 Å². The van der Waals surface area contributed by atoms with E-state index in [9.17, 15) is 0 Å². The number of aromatic amines is 1. The number of nitrogens with one attached hydrogen (secondary N) is 2. The molecule has 0 bridgehead atoms. The molecule has 1 aliphatic rings. The lowest BCUT2D eigenvalue weighted by Crippen LogP contribution is -1.96. The summed E-state index contributed by atoms with van der Waals surface area (Å²) in [4.78, 5) is 21.2. The molecular formula is C19H14N6O. The van der Waals surface area contributed by atoms with Crippen LogP contribution in [0.1, 0.15) is 0 Å². The van der Waals surface area contributed by atoms with E-state index < -0.39 is 0 Å². The summed E-state index contributed by atoms with van der Waals surface area (Å²) in [6.45, 7) is 0. The van der Waals surface area contributed by atoms with Gasteiger partial charge in [0.15, 0.2) is 0 Å². The fourth-order valence-electron chi connectivity index (χ4n) is 3.16. The number of anilines is 2. The average molecular weight is 342 g/mol. The molecule has 1 aliphatic heterocycles. The van der Waals surface area contributed by atoms with Gasteiger partial charge in [0, 0.05) is 29.7 Å². The first-order valence-electron chi connectivity index (χ1n) is 8.11. The molecule has 7 heteroatoms. The molecule has 7 nitrogen and oxygen atoms in total. The second-order valence-electron chi connectivity index (χ2n) is 5.82. The number of nitrogens with zero attached hydrogens (tertiary/aromatic N) is 4. The van der Waals surface area contributed by atoms with Crippen molar-refractivity contribution in [2.24, 2.45) is 0 Å². The van der Waals surface area contributed by atoms with Gasteiger partial charge in [-0.2, -0.15) is 0 Å². The second-order valence-corrected chi connectivity index (χ2v) is 5.82. The molecule has 0 spiro atoms. The number of aromatic nitrogens is 5. The molecule has 2 N–H and O–H groups in total. The monoisotopic (exact) mass is 342 g/mol. The minimum atomic E-state index is 0.524. The number of imidazole rings is 1. The van der Waals surface area contributed by atoms with Crippen LogP contribution in [0.3, 0.4) is 0 Å². The predicted molar refractivity (Wildman–Crippen MR) is 98.1 cm³/mol. The summed E-state index contributed by atoms with van der Waals surface area (Å²) in [7, 11) is 1.60. The van der Waals surface area contributed by atoms with Crippen LogP contribution in [0.15, 0.2) is 55.1 Å². The van der Waals surface area contributed by atoms with Crippen LogP contribution < -0.4 is 10.1 Å². The smallest absolute Gasteiger partial charge is 0.224 e. The first-order chi connectivity index (χ1) is 12.8. The maximum absolute atomic E-state index is 5.39. The summed E-state index contributed by atoms with van der Waals surface area (Å²) in [6, 6.07) is 9.64. The maximum Gasteiger partial charge on any atom is 0.224 e. The van der Waals surface area contributed by atoms with Crippen LogP contribution in [0.4, 0.5) is 11.5 Å². The first kappa shape index (κ1) is 14.6. The third-order valence-corrected chi connectivity index (χ3v) is 4.33. The van der Waals surface area contributed by atoms with Crippen LogP contribution in [0.2, 0.25) is 0 Å². The van der Waals surface area contributed by atoms with Gasteiger partial charge in [-0.15, -0.1) is 0 Å². The Kier molecular flexibility index (Phi) is 3.18. The van der Waals surface area contributed by atoms with Gasteiger partial charge in [-0.1, -0.05) is 0 Å². The number of hydrogen-bond donors (Lipinski definition) is 2. The number of ether oxygens (including phenoxy) is 1. The fraction of sp³-hybridized carbons (Fsp3) is 0.0526. The van der Waals surface area contributed by atoms with Crippen LogP contribution in [-0.2, 0) is 0 Å². The molecule has 0 atom stereocenters. The molecule has 0 saturated carbocycles. The zero-order valence-electron chi connectivity index (χ0n) is 13.9. The van der Waals surface area contributed by atoms with E-state index in [0.29, 0.717) is 11.7 Å². The third kappa shape index (κ3) is 2.14. The molecule has 0 radical (unpaired) electrons. The standard InChI is InChI=1S/C19H14N6O/c1-26-19-13(5-3-8-22-19)18-24-15-11-6-9-20-10-14(11)23-17-12(16(15)25-18)4-2-7-21-17/h2-10H,1H3,(H,21,23)(H,24,25). The molecular weight excluding hydrogens is 328 g/mol. The molecule has 0 amide bonds. The molecule has 4 aromatic rings.